The van der Waals surface area contributed by atoms with Gasteiger partial charge in [-0.1, -0.05) is 36.7 Å². The van der Waals surface area contributed by atoms with Gasteiger partial charge in [0.25, 0.3) is 0 Å². The summed E-state index contributed by atoms with van der Waals surface area (Å²) in [7, 11) is 0. The van der Waals surface area contributed by atoms with Crippen LogP contribution in [-0.4, -0.2) is 28.4 Å². The highest BCUT2D eigenvalue weighted by Gasteiger charge is 2.33. The minimum Gasteiger partial charge on any atom is -0.288 e. The van der Waals surface area contributed by atoms with E-state index in [1.165, 1.54) is 11.3 Å². The molecule has 0 saturated heterocycles. The lowest BCUT2D eigenvalue weighted by atomic mass is 9.99. The molecule has 4 rings (SSSR count). The van der Waals surface area contributed by atoms with Crippen molar-refractivity contribution < 1.29 is 0 Å². The molecule has 0 fully saturated rings. The van der Waals surface area contributed by atoms with Crippen LogP contribution in [0.4, 0.5) is 5.00 Å². The van der Waals surface area contributed by atoms with Crippen LogP contribution in [0.25, 0.3) is 0 Å². The number of thiophene rings is 1. The molecule has 0 aliphatic carbocycles. The first-order chi connectivity index (χ1) is 15.4. The van der Waals surface area contributed by atoms with Crippen molar-refractivity contribution in [1.29, 1.82) is 10.8 Å². The number of hydrogen-bond donors (Lipinski definition) is 2. The highest BCUT2D eigenvalue weighted by atomic mass is 35.5. The molecule has 3 heterocycles. The van der Waals surface area contributed by atoms with Gasteiger partial charge in [0, 0.05) is 22.3 Å². The van der Waals surface area contributed by atoms with Crippen molar-refractivity contribution in [1.82, 2.24) is 4.98 Å². The number of fused-ring (bicyclic) bond motifs is 1. The Morgan fingerprint density at radius 1 is 1.19 bits per heavy atom. The molecule has 1 aliphatic heterocycles. The van der Waals surface area contributed by atoms with Gasteiger partial charge in [-0.2, -0.15) is 0 Å². The monoisotopic (exact) mass is 459 g/mol. The fourth-order valence-electron chi connectivity index (χ4n) is 3.60. The first-order valence-corrected chi connectivity index (χ1v) is 11.4. The third kappa shape index (κ3) is 4.10. The summed E-state index contributed by atoms with van der Waals surface area (Å²) < 4.78 is 0. The molecule has 32 heavy (non-hydrogen) atoms. The van der Waals surface area contributed by atoms with Crippen molar-refractivity contribution in [3.05, 3.63) is 80.9 Å². The van der Waals surface area contributed by atoms with Crippen molar-refractivity contribution >= 4 is 45.3 Å². The summed E-state index contributed by atoms with van der Waals surface area (Å²) in [6.45, 7) is 5.73. The average Bonchev–Trinajstić information content (AvgIpc) is 3.03. The van der Waals surface area contributed by atoms with Crippen molar-refractivity contribution in [2.24, 2.45) is 4.99 Å². The van der Waals surface area contributed by atoms with Crippen LogP contribution in [0.2, 0.25) is 5.02 Å². The van der Waals surface area contributed by atoms with E-state index in [2.05, 4.69) is 16.8 Å². The minimum absolute atomic E-state index is 0.285. The zero-order valence-electron chi connectivity index (χ0n) is 18.0. The summed E-state index contributed by atoms with van der Waals surface area (Å²) in [5.41, 5.74) is 4.32. The predicted molar refractivity (Wildman–Crippen MR) is 134 cm³/mol. The van der Waals surface area contributed by atoms with Gasteiger partial charge in [0.2, 0.25) is 0 Å². The van der Waals surface area contributed by atoms with Crippen LogP contribution in [0.15, 0.2) is 53.7 Å². The molecule has 0 unspecified atom stereocenters. The number of anilines is 1. The quantitative estimate of drug-likeness (QED) is 0.283. The van der Waals surface area contributed by atoms with Crippen LogP contribution < -0.4 is 4.90 Å². The van der Waals surface area contributed by atoms with E-state index in [9.17, 15) is 0 Å². The second kappa shape index (κ2) is 9.07. The maximum Gasteiger partial charge on any atom is 0.132 e. The maximum absolute atomic E-state index is 8.82. The Morgan fingerprint density at radius 3 is 2.56 bits per heavy atom. The lowest BCUT2D eigenvalue weighted by molar-refractivity contribution is 0.810. The van der Waals surface area contributed by atoms with Crippen LogP contribution in [0.5, 0.6) is 0 Å². The minimum atomic E-state index is -0.344. The second-order valence-electron chi connectivity index (χ2n) is 7.42. The molecular weight excluding hydrogens is 438 g/mol. The Kier molecular flexibility index (Phi) is 6.22. The molecule has 0 bridgehead atoms. The summed E-state index contributed by atoms with van der Waals surface area (Å²) in [5.74, 6) is 6.97. The van der Waals surface area contributed by atoms with Gasteiger partial charge in [-0.3, -0.25) is 20.7 Å². The van der Waals surface area contributed by atoms with Gasteiger partial charge in [-0.15, -0.1) is 11.3 Å². The van der Waals surface area contributed by atoms with Crippen LogP contribution in [0.1, 0.15) is 47.5 Å². The number of hydrogen-bond acceptors (Lipinski definition) is 5. The molecule has 0 saturated carbocycles. The van der Waals surface area contributed by atoms with E-state index in [-0.39, 0.29) is 11.9 Å². The SMILES string of the molecule is CC[C@@H]1N=C(c2ccc(Cl)cc2)c2c(sc(C#Cc3ccccn3)c2C)N(C(C)=N)C1=N. The fraction of sp³-hybridized carbons (Fsp3) is 0.200. The number of nitrogens with zero attached hydrogens (tertiary/aromatic N) is 3. The van der Waals surface area contributed by atoms with Crippen molar-refractivity contribution in [3.8, 4) is 11.8 Å². The normalized spacial score (nSPS) is 15.4. The van der Waals surface area contributed by atoms with Gasteiger partial charge in [-0.05, 0) is 61.9 Å². The molecule has 160 valence electrons. The zero-order chi connectivity index (χ0) is 22.8. The molecule has 1 aliphatic rings. The maximum atomic E-state index is 8.82. The number of halogens is 1. The Balaban J connectivity index is 1.95. The van der Waals surface area contributed by atoms with Crippen LogP contribution in [0.3, 0.4) is 0 Å². The van der Waals surface area contributed by atoms with E-state index in [0.29, 0.717) is 23.0 Å². The topological polar surface area (TPSA) is 76.2 Å². The lowest BCUT2D eigenvalue weighted by Gasteiger charge is -2.24. The number of rotatable bonds is 2. The van der Waals surface area contributed by atoms with Gasteiger partial charge in [0.15, 0.2) is 0 Å². The zero-order valence-corrected chi connectivity index (χ0v) is 19.6. The molecule has 0 spiro atoms. The summed E-state index contributed by atoms with van der Waals surface area (Å²) in [5, 5.41) is 18.7. The van der Waals surface area contributed by atoms with Crippen molar-refractivity contribution in [3.63, 3.8) is 0 Å². The van der Waals surface area contributed by atoms with E-state index in [4.69, 9.17) is 27.4 Å². The lowest BCUT2D eigenvalue weighted by Crippen LogP contribution is -2.39. The highest BCUT2D eigenvalue weighted by Crippen LogP contribution is 2.40. The van der Waals surface area contributed by atoms with Gasteiger partial charge in [0.1, 0.15) is 28.4 Å². The van der Waals surface area contributed by atoms with Crippen molar-refractivity contribution in [2.45, 2.75) is 33.2 Å². The van der Waals surface area contributed by atoms with Gasteiger partial charge >= 0.3 is 0 Å². The van der Waals surface area contributed by atoms with Crippen LogP contribution >= 0.6 is 22.9 Å². The van der Waals surface area contributed by atoms with E-state index in [0.717, 1.165) is 32.3 Å². The van der Waals surface area contributed by atoms with E-state index in [1.807, 2.05) is 56.3 Å². The largest absolute Gasteiger partial charge is 0.288 e. The molecule has 1 aromatic carbocycles. The first kappa shape index (κ1) is 21.9. The standard InChI is InChI=1S/C25H22ClN5S/c1-4-20-24(28)31(16(3)27)25-22(23(30-20)17-8-10-18(26)11-9-17)15(2)21(32-25)13-12-19-7-5-6-14-29-19/h5-11,14,20,27-28H,4H2,1-3H3/t20-/m0/s1. The number of aliphatic imine (C=N–C) groups is 1. The molecule has 5 nitrogen and oxygen atoms in total. The molecule has 2 aromatic heterocycles. The number of benzene rings is 1. The van der Waals surface area contributed by atoms with Crippen LogP contribution in [0, 0.1) is 29.6 Å². The van der Waals surface area contributed by atoms with Gasteiger partial charge < -0.3 is 0 Å². The Labute approximate surface area is 196 Å². The first-order valence-electron chi connectivity index (χ1n) is 10.2. The Hall–Kier alpha value is -3.27. The molecule has 3 aromatic rings. The fourth-order valence-corrected chi connectivity index (χ4v) is 4.95. The van der Waals surface area contributed by atoms with Crippen molar-refractivity contribution in [2.75, 3.05) is 4.90 Å². The molecule has 2 N–H and O–H groups in total. The third-order valence-corrected chi connectivity index (χ3v) is 6.66. The average molecular weight is 460 g/mol. The van der Waals surface area contributed by atoms with E-state index < -0.39 is 0 Å². The number of aromatic nitrogens is 1. The van der Waals surface area contributed by atoms with Crippen LogP contribution in [-0.2, 0) is 0 Å². The third-order valence-electron chi connectivity index (χ3n) is 5.22. The molecule has 1 atom stereocenters. The Bertz CT molecular complexity index is 1280. The van der Waals surface area contributed by atoms with Gasteiger partial charge in [-0.25, -0.2) is 4.98 Å². The smallest absolute Gasteiger partial charge is 0.132 e. The Morgan fingerprint density at radius 2 is 1.94 bits per heavy atom. The summed E-state index contributed by atoms with van der Waals surface area (Å²) in [4.78, 5) is 11.8. The summed E-state index contributed by atoms with van der Waals surface area (Å²) >= 11 is 7.61. The highest BCUT2D eigenvalue weighted by molar-refractivity contribution is 7.17. The second-order valence-corrected chi connectivity index (χ2v) is 8.85. The number of pyridine rings is 1. The van der Waals surface area contributed by atoms with E-state index >= 15 is 0 Å². The number of nitrogens with one attached hydrogen (secondary N) is 2. The molecule has 7 heteroatoms. The summed E-state index contributed by atoms with van der Waals surface area (Å²) in [6.07, 6.45) is 2.39. The molecule has 0 amide bonds. The molecule has 0 radical (unpaired) electrons. The number of amidine groups is 2. The van der Waals surface area contributed by atoms with Gasteiger partial charge in [0.05, 0.1) is 10.6 Å². The van der Waals surface area contributed by atoms with E-state index in [1.54, 1.807) is 18.0 Å². The summed E-state index contributed by atoms with van der Waals surface area (Å²) in [6, 6.07) is 12.9. The molecular formula is C25H22ClN5S. The predicted octanol–water partition coefficient (Wildman–Crippen LogP) is 5.92.